The second-order valence-corrected chi connectivity index (χ2v) is 6.53. The first-order valence-corrected chi connectivity index (χ1v) is 8.59. The lowest BCUT2D eigenvalue weighted by atomic mass is 10.4. The molecule has 0 aromatic carbocycles. The molecule has 1 amide bonds. The highest BCUT2D eigenvalue weighted by Crippen LogP contribution is 2.29. The Kier molecular flexibility index (Phi) is 8.69. The normalized spacial score (nSPS) is 10.7. The fraction of sp³-hybridized carbons (Fsp3) is 0.538. The van der Waals surface area contributed by atoms with Crippen molar-refractivity contribution in [2.75, 3.05) is 18.9 Å². The van der Waals surface area contributed by atoms with Crippen LogP contribution < -0.4 is 5.32 Å². The molecule has 1 aromatic rings. The third-order valence-electron chi connectivity index (χ3n) is 2.07. The van der Waals surface area contributed by atoms with E-state index in [9.17, 15) is 4.79 Å². The molecular formula is C13H20N2O2S2. The number of carbonyl (C=O) groups is 1. The summed E-state index contributed by atoms with van der Waals surface area (Å²) < 4.78 is 5.34. The van der Waals surface area contributed by atoms with Crippen LogP contribution in [0.1, 0.15) is 20.3 Å². The lowest BCUT2D eigenvalue weighted by Gasteiger charge is -2.08. The van der Waals surface area contributed by atoms with Crippen molar-refractivity contribution in [1.29, 1.82) is 0 Å². The summed E-state index contributed by atoms with van der Waals surface area (Å²) in [6, 6.07) is 5.81. The van der Waals surface area contributed by atoms with Crippen LogP contribution in [0.3, 0.4) is 0 Å². The second-order valence-electron chi connectivity index (χ2n) is 4.09. The molecule has 106 valence electrons. The maximum Gasteiger partial charge on any atom is 0.220 e. The molecule has 0 bridgehead atoms. The summed E-state index contributed by atoms with van der Waals surface area (Å²) in [6.07, 6.45) is 2.50. The molecule has 0 aliphatic rings. The number of pyridine rings is 1. The van der Waals surface area contributed by atoms with Gasteiger partial charge in [-0.1, -0.05) is 16.9 Å². The van der Waals surface area contributed by atoms with Gasteiger partial charge in [-0.25, -0.2) is 4.98 Å². The molecule has 0 spiro atoms. The lowest BCUT2D eigenvalue weighted by molar-refractivity contribution is -0.121. The second kappa shape index (κ2) is 10.1. The third kappa shape index (κ3) is 8.91. The van der Waals surface area contributed by atoms with Crippen LogP contribution in [0.4, 0.5) is 0 Å². The molecule has 0 atom stereocenters. The van der Waals surface area contributed by atoms with E-state index in [1.165, 1.54) is 0 Å². The van der Waals surface area contributed by atoms with Gasteiger partial charge in [0.05, 0.1) is 12.7 Å². The van der Waals surface area contributed by atoms with Gasteiger partial charge in [0.15, 0.2) is 0 Å². The van der Waals surface area contributed by atoms with E-state index in [0.717, 1.165) is 10.8 Å². The summed E-state index contributed by atoms with van der Waals surface area (Å²) in [6.45, 7) is 5.11. The molecule has 0 aliphatic carbocycles. The Labute approximate surface area is 122 Å². The smallest absolute Gasteiger partial charge is 0.220 e. The van der Waals surface area contributed by atoms with Crippen molar-refractivity contribution >= 4 is 27.5 Å². The Bertz CT molecular complexity index is 361. The largest absolute Gasteiger partial charge is 0.377 e. The minimum atomic E-state index is 0.0708. The van der Waals surface area contributed by atoms with Crippen LogP contribution in [0.5, 0.6) is 0 Å². The molecule has 0 saturated heterocycles. The van der Waals surface area contributed by atoms with E-state index in [2.05, 4.69) is 10.3 Å². The van der Waals surface area contributed by atoms with E-state index < -0.39 is 0 Å². The van der Waals surface area contributed by atoms with Crippen molar-refractivity contribution in [1.82, 2.24) is 10.3 Å². The number of ether oxygens (including phenoxy) is 1. The molecule has 0 fully saturated rings. The van der Waals surface area contributed by atoms with Crippen molar-refractivity contribution in [2.24, 2.45) is 0 Å². The standard InChI is InChI=1S/C13H20N2O2S2/c1-11(2)17-9-8-14-12(16)6-10-18-19-13-5-3-4-7-15-13/h3-5,7,11H,6,8-10H2,1-2H3,(H,14,16). The zero-order valence-electron chi connectivity index (χ0n) is 11.3. The monoisotopic (exact) mass is 300 g/mol. The van der Waals surface area contributed by atoms with Crippen LogP contribution in [0.2, 0.25) is 0 Å². The zero-order valence-corrected chi connectivity index (χ0v) is 12.9. The summed E-state index contributed by atoms with van der Waals surface area (Å²) in [7, 11) is 3.24. The number of carbonyl (C=O) groups excluding carboxylic acids is 1. The molecule has 19 heavy (non-hydrogen) atoms. The van der Waals surface area contributed by atoms with Crippen LogP contribution in [-0.4, -0.2) is 35.9 Å². The fourth-order valence-electron chi connectivity index (χ4n) is 1.21. The maximum absolute atomic E-state index is 11.5. The van der Waals surface area contributed by atoms with E-state index in [1.807, 2.05) is 32.0 Å². The number of nitrogens with zero attached hydrogens (tertiary/aromatic N) is 1. The van der Waals surface area contributed by atoms with Crippen LogP contribution >= 0.6 is 21.6 Å². The number of hydrogen-bond donors (Lipinski definition) is 1. The quantitative estimate of drug-likeness (QED) is 0.561. The van der Waals surface area contributed by atoms with Crippen LogP contribution in [-0.2, 0) is 9.53 Å². The van der Waals surface area contributed by atoms with E-state index in [-0.39, 0.29) is 12.0 Å². The molecule has 0 unspecified atom stereocenters. The van der Waals surface area contributed by atoms with Crippen LogP contribution in [0.25, 0.3) is 0 Å². The summed E-state index contributed by atoms with van der Waals surface area (Å²) in [5, 5.41) is 3.81. The van der Waals surface area contributed by atoms with Crippen molar-refractivity contribution < 1.29 is 9.53 Å². The van der Waals surface area contributed by atoms with Crippen LogP contribution in [0, 0.1) is 0 Å². The highest BCUT2D eigenvalue weighted by Gasteiger charge is 2.02. The van der Waals surface area contributed by atoms with Crippen molar-refractivity contribution in [3.05, 3.63) is 24.4 Å². The number of hydrogen-bond acceptors (Lipinski definition) is 5. The van der Waals surface area contributed by atoms with E-state index in [1.54, 1.807) is 27.8 Å². The fourth-order valence-corrected chi connectivity index (χ4v) is 3.08. The first kappa shape index (κ1) is 16.3. The summed E-state index contributed by atoms with van der Waals surface area (Å²) >= 11 is 0. The van der Waals surface area contributed by atoms with Gasteiger partial charge >= 0.3 is 0 Å². The predicted octanol–water partition coefficient (Wildman–Crippen LogP) is 2.75. The van der Waals surface area contributed by atoms with Gasteiger partial charge in [0.25, 0.3) is 0 Å². The highest BCUT2D eigenvalue weighted by atomic mass is 33.1. The lowest BCUT2D eigenvalue weighted by Crippen LogP contribution is -2.28. The Balaban J connectivity index is 1.98. The van der Waals surface area contributed by atoms with Gasteiger partial charge < -0.3 is 10.1 Å². The van der Waals surface area contributed by atoms with Gasteiger partial charge in [-0.15, -0.1) is 0 Å². The van der Waals surface area contributed by atoms with Gasteiger partial charge in [0, 0.05) is 24.9 Å². The molecule has 1 aromatic heterocycles. The Morgan fingerprint density at radius 3 is 3.00 bits per heavy atom. The van der Waals surface area contributed by atoms with Crippen molar-refractivity contribution in [3.63, 3.8) is 0 Å². The maximum atomic E-state index is 11.5. The highest BCUT2D eigenvalue weighted by molar-refractivity contribution is 8.76. The van der Waals surface area contributed by atoms with Gasteiger partial charge in [-0.2, -0.15) is 0 Å². The SMILES string of the molecule is CC(C)OCCNC(=O)CCSSc1ccccn1. The number of amides is 1. The molecular weight excluding hydrogens is 280 g/mol. The van der Waals surface area contributed by atoms with Gasteiger partial charge in [-0.05, 0) is 36.8 Å². The van der Waals surface area contributed by atoms with Crippen LogP contribution in [0.15, 0.2) is 29.4 Å². The Morgan fingerprint density at radius 2 is 2.32 bits per heavy atom. The van der Waals surface area contributed by atoms with E-state index in [0.29, 0.717) is 19.6 Å². The van der Waals surface area contributed by atoms with E-state index >= 15 is 0 Å². The molecule has 1 N–H and O–H groups in total. The van der Waals surface area contributed by atoms with Gasteiger partial charge in [0.1, 0.15) is 5.03 Å². The zero-order chi connectivity index (χ0) is 13.9. The number of aromatic nitrogens is 1. The van der Waals surface area contributed by atoms with Gasteiger partial charge in [0.2, 0.25) is 5.91 Å². The summed E-state index contributed by atoms with van der Waals surface area (Å²) in [5.74, 6) is 0.847. The molecule has 1 rings (SSSR count). The predicted molar refractivity (Wildman–Crippen MR) is 81.3 cm³/mol. The average molecular weight is 300 g/mol. The van der Waals surface area contributed by atoms with Crippen molar-refractivity contribution in [2.45, 2.75) is 31.4 Å². The molecule has 6 heteroatoms. The first-order valence-electron chi connectivity index (χ1n) is 6.27. The average Bonchev–Trinajstić information content (AvgIpc) is 2.41. The minimum absolute atomic E-state index is 0.0708. The Hall–Kier alpha value is -0.720. The Morgan fingerprint density at radius 1 is 1.47 bits per heavy atom. The summed E-state index contributed by atoms with van der Waals surface area (Å²) in [5.41, 5.74) is 0. The summed E-state index contributed by atoms with van der Waals surface area (Å²) in [4.78, 5) is 15.7. The molecule has 0 radical (unpaired) electrons. The molecule has 0 aliphatic heterocycles. The number of nitrogens with one attached hydrogen (secondary N) is 1. The first-order chi connectivity index (χ1) is 9.18. The van der Waals surface area contributed by atoms with E-state index in [4.69, 9.17) is 4.74 Å². The molecule has 4 nitrogen and oxygen atoms in total. The van der Waals surface area contributed by atoms with Gasteiger partial charge in [-0.3, -0.25) is 4.79 Å². The molecule has 1 heterocycles. The third-order valence-corrected chi connectivity index (χ3v) is 4.34. The minimum Gasteiger partial charge on any atom is -0.377 e. The molecule has 0 saturated carbocycles. The topological polar surface area (TPSA) is 51.2 Å². The van der Waals surface area contributed by atoms with Crippen molar-refractivity contribution in [3.8, 4) is 0 Å². The number of rotatable bonds is 9.